The minimum Gasteiger partial charge on any atom is -0.462 e. The van der Waals surface area contributed by atoms with Crippen LogP contribution in [0.5, 0.6) is 0 Å². The number of hydrogen-bond donors (Lipinski definition) is 0. The first-order chi connectivity index (χ1) is 27.6. The summed E-state index contributed by atoms with van der Waals surface area (Å²) in [4.78, 5) is 25.3. The minimum atomic E-state index is -0.542. The molecule has 0 fully saturated rings. The van der Waals surface area contributed by atoms with E-state index in [2.05, 4.69) is 57.2 Å². The van der Waals surface area contributed by atoms with Crippen LogP contribution in [0, 0.1) is 0 Å². The topological polar surface area (TPSA) is 61.8 Å². The minimum absolute atomic E-state index is 0.0780. The fraction of sp³-hybridized carbons (Fsp3) is 0.843. The Hall–Kier alpha value is -1.88. The van der Waals surface area contributed by atoms with E-state index in [1.54, 1.807) is 0 Å². The van der Waals surface area contributed by atoms with Crippen molar-refractivity contribution in [2.45, 2.75) is 258 Å². The lowest BCUT2D eigenvalue weighted by atomic mass is 10.1. The highest BCUT2D eigenvalue weighted by Crippen LogP contribution is 2.13. The fourth-order valence-corrected chi connectivity index (χ4v) is 6.89. The Morgan fingerprint density at radius 2 is 0.714 bits per heavy atom. The molecule has 1 unspecified atom stereocenters. The van der Waals surface area contributed by atoms with Crippen LogP contribution in [0.4, 0.5) is 0 Å². The molecule has 0 rings (SSSR count). The molecule has 0 aliphatic carbocycles. The summed E-state index contributed by atoms with van der Waals surface area (Å²) < 4.78 is 17.3. The number of carbonyl (C=O) groups is 2. The molecule has 1 atom stereocenters. The van der Waals surface area contributed by atoms with Gasteiger partial charge in [0.15, 0.2) is 6.10 Å². The third-order valence-corrected chi connectivity index (χ3v) is 10.6. The molecule has 0 aromatic heterocycles. The molecule has 0 aromatic rings. The van der Waals surface area contributed by atoms with Gasteiger partial charge >= 0.3 is 11.9 Å². The molecular weight excluding hydrogens is 693 g/mol. The molecular formula is C51H94O5. The van der Waals surface area contributed by atoms with Gasteiger partial charge in [0.2, 0.25) is 0 Å². The van der Waals surface area contributed by atoms with Gasteiger partial charge < -0.3 is 14.2 Å². The number of allylic oxidation sites excluding steroid dienone is 6. The Bertz CT molecular complexity index is 893. The van der Waals surface area contributed by atoms with Gasteiger partial charge in [0.25, 0.3) is 0 Å². The van der Waals surface area contributed by atoms with Crippen molar-refractivity contribution in [3.63, 3.8) is 0 Å². The molecule has 0 saturated carbocycles. The van der Waals surface area contributed by atoms with Gasteiger partial charge in [-0.25, -0.2) is 0 Å². The maximum absolute atomic E-state index is 12.7. The highest BCUT2D eigenvalue weighted by molar-refractivity contribution is 5.70. The van der Waals surface area contributed by atoms with Crippen molar-refractivity contribution < 1.29 is 23.8 Å². The summed E-state index contributed by atoms with van der Waals surface area (Å²) in [6.07, 6.45) is 55.7. The van der Waals surface area contributed by atoms with E-state index < -0.39 is 6.10 Å². The van der Waals surface area contributed by atoms with Gasteiger partial charge in [-0.1, -0.05) is 186 Å². The molecule has 328 valence electrons. The Balaban J connectivity index is 4.25. The number of unbranched alkanes of at least 4 members (excludes halogenated alkanes) is 28. The maximum Gasteiger partial charge on any atom is 0.306 e. The van der Waals surface area contributed by atoms with Crippen LogP contribution < -0.4 is 0 Å². The Labute approximate surface area is 349 Å². The van der Waals surface area contributed by atoms with Crippen LogP contribution in [-0.2, 0) is 23.8 Å². The van der Waals surface area contributed by atoms with Crippen molar-refractivity contribution in [3.8, 4) is 0 Å². The van der Waals surface area contributed by atoms with E-state index in [1.807, 2.05) is 0 Å². The smallest absolute Gasteiger partial charge is 0.306 e. The van der Waals surface area contributed by atoms with Crippen molar-refractivity contribution >= 4 is 11.9 Å². The molecule has 0 radical (unpaired) electrons. The SMILES string of the molecule is CCCC/C=C\CCCCCCCC(=O)OC(COCCCCCCCC/C=C\CCCCCC)COC(=O)CCCCCCC/C=C\CCCCCCCC. The molecule has 0 bridgehead atoms. The van der Waals surface area contributed by atoms with E-state index in [0.29, 0.717) is 19.4 Å². The molecule has 0 heterocycles. The maximum atomic E-state index is 12.7. The summed E-state index contributed by atoms with van der Waals surface area (Å²) in [7, 11) is 0. The Morgan fingerprint density at radius 3 is 1.16 bits per heavy atom. The lowest BCUT2D eigenvalue weighted by molar-refractivity contribution is -0.163. The highest BCUT2D eigenvalue weighted by Gasteiger charge is 2.17. The second-order valence-electron chi connectivity index (χ2n) is 16.4. The van der Waals surface area contributed by atoms with Crippen molar-refractivity contribution in [2.24, 2.45) is 0 Å². The molecule has 0 amide bonds. The van der Waals surface area contributed by atoms with Crippen LogP contribution in [0.15, 0.2) is 36.5 Å². The van der Waals surface area contributed by atoms with Gasteiger partial charge in [-0.05, 0) is 89.9 Å². The third-order valence-electron chi connectivity index (χ3n) is 10.6. The lowest BCUT2D eigenvalue weighted by Crippen LogP contribution is -2.30. The first-order valence-electron chi connectivity index (χ1n) is 24.5. The van der Waals surface area contributed by atoms with E-state index in [1.165, 1.54) is 154 Å². The van der Waals surface area contributed by atoms with Crippen LogP contribution in [0.2, 0.25) is 0 Å². The van der Waals surface area contributed by atoms with E-state index in [9.17, 15) is 9.59 Å². The largest absolute Gasteiger partial charge is 0.462 e. The monoisotopic (exact) mass is 787 g/mol. The average Bonchev–Trinajstić information content (AvgIpc) is 3.20. The molecule has 0 aromatic carbocycles. The normalized spacial score (nSPS) is 12.4. The van der Waals surface area contributed by atoms with Crippen molar-refractivity contribution in [3.05, 3.63) is 36.5 Å². The standard InChI is InChI=1S/C51H94O5/c1-4-7-10-13-16-19-22-24-26-27-30-32-35-38-41-44-50(52)55-48-49(56-51(53)45-42-39-36-33-29-21-18-15-12-9-6-3)47-54-46-43-40-37-34-31-28-25-23-20-17-14-11-8-5-2/h15,18,20,23-24,26,49H,4-14,16-17,19,21-22,25,27-48H2,1-3H3/b18-15-,23-20-,26-24-. The van der Waals surface area contributed by atoms with Gasteiger partial charge in [0, 0.05) is 19.4 Å². The molecule has 56 heavy (non-hydrogen) atoms. The van der Waals surface area contributed by atoms with Crippen molar-refractivity contribution in [1.82, 2.24) is 0 Å². The van der Waals surface area contributed by atoms with Crippen LogP contribution in [-0.4, -0.2) is 37.9 Å². The Morgan fingerprint density at radius 1 is 0.375 bits per heavy atom. The molecule has 5 nitrogen and oxygen atoms in total. The van der Waals surface area contributed by atoms with E-state index >= 15 is 0 Å². The fourth-order valence-electron chi connectivity index (χ4n) is 6.89. The molecule has 0 aliphatic heterocycles. The van der Waals surface area contributed by atoms with E-state index in [-0.39, 0.29) is 25.2 Å². The van der Waals surface area contributed by atoms with Crippen LogP contribution >= 0.6 is 0 Å². The van der Waals surface area contributed by atoms with E-state index in [4.69, 9.17) is 14.2 Å². The number of esters is 2. The summed E-state index contributed by atoms with van der Waals surface area (Å²) >= 11 is 0. The molecule has 0 saturated heterocycles. The zero-order chi connectivity index (χ0) is 40.7. The summed E-state index contributed by atoms with van der Waals surface area (Å²) in [5.41, 5.74) is 0. The first-order valence-corrected chi connectivity index (χ1v) is 24.5. The Kier molecular flexibility index (Phi) is 45.9. The third kappa shape index (κ3) is 44.8. The van der Waals surface area contributed by atoms with Crippen LogP contribution in [0.3, 0.4) is 0 Å². The summed E-state index contributed by atoms with van der Waals surface area (Å²) in [6, 6.07) is 0. The van der Waals surface area contributed by atoms with Gasteiger partial charge in [0.05, 0.1) is 6.61 Å². The van der Waals surface area contributed by atoms with Gasteiger partial charge in [-0.15, -0.1) is 0 Å². The second kappa shape index (κ2) is 47.5. The number of carbonyl (C=O) groups excluding carboxylic acids is 2. The van der Waals surface area contributed by atoms with Crippen LogP contribution in [0.1, 0.15) is 252 Å². The van der Waals surface area contributed by atoms with E-state index in [0.717, 1.165) is 64.2 Å². The van der Waals surface area contributed by atoms with Crippen molar-refractivity contribution in [2.75, 3.05) is 19.8 Å². The number of ether oxygens (including phenoxy) is 3. The summed E-state index contributed by atoms with van der Waals surface area (Å²) in [6.45, 7) is 7.77. The molecule has 0 spiro atoms. The quantitative estimate of drug-likeness (QED) is 0.0349. The van der Waals surface area contributed by atoms with Crippen molar-refractivity contribution in [1.29, 1.82) is 0 Å². The van der Waals surface area contributed by atoms with Gasteiger partial charge in [0.1, 0.15) is 6.61 Å². The summed E-state index contributed by atoms with van der Waals surface area (Å²) in [5, 5.41) is 0. The lowest BCUT2D eigenvalue weighted by Gasteiger charge is -2.18. The second-order valence-corrected chi connectivity index (χ2v) is 16.4. The first kappa shape index (κ1) is 54.1. The molecule has 5 heteroatoms. The van der Waals surface area contributed by atoms with Crippen LogP contribution in [0.25, 0.3) is 0 Å². The molecule has 0 aliphatic rings. The number of hydrogen-bond acceptors (Lipinski definition) is 5. The molecule has 0 N–H and O–H groups in total. The summed E-state index contributed by atoms with van der Waals surface area (Å²) in [5.74, 6) is -0.413. The van der Waals surface area contributed by atoms with Gasteiger partial charge in [-0.3, -0.25) is 9.59 Å². The van der Waals surface area contributed by atoms with Gasteiger partial charge in [-0.2, -0.15) is 0 Å². The highest BCUT2D eigenvalue weighted by atomic mass is 16.6. The number of rotatable bonds is 45. The zero-order valence-electron chi connectivity index (χ0n) is 37.7. The average molecular weight is 787 g/mol. The predicted molar refractivity (Wildman–Crippen MR) is 242 cm³/mol. The zero-order valence-corrected chi connectivity index (χ0v) is 37.7. The predicted octanol–water partition coefficient (Wildman–Crippen LogP) is 16.2.